The highest BCUT2D eigenvalue weighted by molar-refractivity contribution is 7.14. The molecule has 0 spiro atoms. The standard InChI is InChI=1S/C19H19N3O2S2/c23-18(11-15-13-26-19(20-15)14-5-10-25-12-14)21-16-3-1-2-4-17(16)22-6-8-24-9-7-22/h1-5,10,12-13H,6-9,11H2,(H,21,23). The molecule has 4 rings (SSSR count). The Balaban J connectivity index is 1.44. The number of morpholine rings is 1. The largest absolute Gasteiger partial charge is 0.378 e. The summed E-state index contributed by atoms with van der Waals surface area (Å²) in [5.74, 6) is -0.0483. The monoisotopic (exact) mass is 385 g/mol. The molecule has 7 heteroatoms. The summed E-state index contributed by atoms with van der Waals surface area (Å²) in [6.45, 7) is 3.10. The fourth-order valence-corrected chi connectivity index (χ4v) is 4.46. The molecule has 26 heavy (non-hydrogen) atoms. The number of amides is 1. The normalized spacial score (nSPS) is 14.4. The number of benzene rings is 1. The Bertz CT molecular complexity index is 871. The predicted molar refractivity (Wildman–Crippen MR) is 107 cm³/mol. The molecule has 134 valence electrons. The second-order valence-corrected chi connectivity index (χ2v) is 7.64. The quantitative estimate of drug-likeness (QED) is 0.724. The molecule has 0 atom stereocenters. The summed E-state index contributed by atoms with van der Waals surface area (Å²) in [7, 11) is 0. The van der Waals surface area contributed by atoms with Gasteiger partial charge < -0.3 is 15.0 Å². The number of anilines is 2. The molecule has 5 nitrogen and oxygen atoms in total. The summed E-state index contributed by atoms with van der Waals surface area (Å²) >= 11 is 3.22. The van der Waals surface area contributed by atoms with Gasteiger partial charge in [-0.15, -0.1) is 11.3 Å². The minimum atomic E-state index is -0.0483. The maximum atomic E-state index is 12.5. The fraction of sp³-hybridized carbons (Fsp3) is 0.263. The van der Waals surface area contributed by atoms with E-state index in [2.05, 4.69) is 20.6 Å². The number of rotatable bonds is 5. The van der Waals surface area contributed by atoms with Crippen molar-refractivity contribution >= 4 is 40.0 Å². The molecule has 0 radical (unpaired) electrons. The summed E-state index contributed by atoms with van der Waals surface area (Å²) in [6.07, 6.45) is 0.276. The van der Waals surface area contributed by atoms with E-state index in [1.807, 2.05) is 41.1 Å². The van der Waals surface area contributed by atoms with E-state index in [0.29, 0.717) is 13.2 Å². The lowest BCUT2D eigenvalue weighted by atomic mass is 10.2. The van der Waals surface area contributed by atoms with E-state index < -0.39 is 0 Å². The van der Waals surface area contributed by atoms with Crippen LogP contribution >= 0.6 is 22.7 Å². The third-order valence-electron chi connectivity index (χ3n) is 4.19. The van der Waals surface area contributed by atoms with Crippen LogP contribution < -0.4 is 10.2 Å². The summed E-state index contributed by atoms with van der Waals surface area (Å²) in [5, 5.41) is 10.1. The predicted octanol–water partition coefficient (Wildman–Crippen LogP) is 3.89. The number of thiophene rings is 1. The number of ether oxygens (including phenoxy) is 1. The van der Waals surface area contributed by atoms with E-state index >= 15 is 0 Å². The maximum absolute atomic E-state index is 12.5. The first-order chi connectivity index (χ1) is 12.8. The van der Waals surface area contributed by atoms with Gasteiger partial charge >= 0.3 is 0 Å². The molecule has 1 saturated heterocycles. The van der Waals surface area contributed by atoms with Gasteiger partial charge in [0.25, 0.3) is 0 Å². The Morgan fingerprint density at radius 1 is 1.19 bits per heavy atom. The van der Waals surface area contributed by atoms with Gasteiger partial charge in [-0.3, -0.25) is 4.79 Å². The second-order valence-electron chi connectivity index (χ2n) is 6.00. The SMILES string of the molecule is O=C(Cc1csc(-c2ccsc2)n1)Nc1ccccc1N1CCOCC1. The van der Waals surface area contributed by atoms with Crippen LogP contribution in [0, 0.1) is 0 Å². The number of nitrogens with one attached hydrogen (secondary N) is 1. The van der Waals surface area contributed by atoms with Crippen molar-refractivity contribution in [1.29, 1.82) is 0 Å². The highest BCUT2D eigenvalue weighted by Gasteiger charge is 2.16. The average Bonchev–Trinajstić information content (AvgIpc) is 3.34. The molecule has 2 aromatic heterocycles. The Labute approximate surface area is 160 Å². The third kappa shape index (κ3) is 3.95. The first-order valence-corrected chi connectivity index (χ1v) is 10.3. The summed E-state index contributed by atoms with van der Waals surface area (Å²) in [6, 6.07) is 9.97. The van der Waals surface area contributed by atoms with Crippen molar-refractivity contribution < 1.29 is 9.53 Å². The molecule has 3 aromatic rings. The van der Waals surface area contributed by atoms with Gasteiger partial charge in [-0.2, -0.15) is 11.3 Å². The number of hydrogen-bond donors (Lipinski definition) is 1. The number of carbonyl (C=O) groups is 1. The van der Waals surface area contributed by atoms with Crippen LogP contribution in [0.3, 0.4) is 0 Å². The molecule has 0 aliphatic carbocycles. The van der Waals surface area contributed by atoms with E-state index in [1.165, 1.54) is 0 Å². The zero-order valence-electron chi connectivity index (χ0n) is 14.2. The van der Waals surface area contributed by atoms with Gasteiger partial charge in [0.15, 0.2) is 0 Å². The van der Waals surface area contributed by atoms with Crippen molar-refractivity contribution in [2.75, 3.05) is 36.5 Å². The molecule has 3 heterocycles. The first kappa shape index (κ1) is 17.2. The molecule has 1 fully saturated rings. The van der Waals surface area contributed by atoms with Crippen molar-refractivity contribution in [2.45, 2.75) is 6.42 Å². The van der Waals surface area contributed by atoms with Crippen LogP contribution in [0.2, 0.25) is 0 Å². The van der Waals surface area contributed by atoms with Crippen LogP contribution in [0.5, 0.6) is 0 Å². The number of aromatic nitrogens is 1. The minimum Gasteiger partial charge on any atom is -0.378 e. The molecular formula is C19H19N3O2S2. The number of thiazole rings is 1. The van der Waals surface area contributed by atoms with Gasteiger partial charge in [-0.25, -0.2) is 4.98 Å². The van der Waals surface area contributed by atoms with Crippen LogP contribution in [-0.2, 0) is 16.0 Å². The van der Waals surface area contributed by atoms with Crippen molar-refractivity contribution in [3.8, 4) is 10.6 Å². The minimum absolute atomic E-state index is 0.0483. The molecule has 1 aliphatic rings. The van der Waals surface area contributed by atoms with Crippen LogP contribution in [-0.4, -0.2) is 37.2 Å². The van der Waals surface area contributed by atoms with Gasteiger partial charge in [-0.1, -0.05) is 12.1 Å². The van der Waals surface area contributed by atoms with Crippen LogP contribution in [0.4, 0.5) is 11.4 Å². The van der Waals surface area contributed by atoms with Crippen LogP contribution in [0.15, 0.2) is 46.5 Å². The zero-order chi connectivity index (χ0) is 17.8. The third-order valence-corrected chi connectivity index (χ3v) is 5.81. The molecule has 1 aliphatic heterocycles. The number of hydrogen-bond acceptors (Lipinski definition) is 6. The highest BCUT2D eigenvalue weighted by Crippen LogP contribution is 2.28. The Morgan fingerprint density at radius 3 is 2.85 bits per heavy atom. The smallest absolute Gasteiger partial charge is 0.230 e. The Kier molecular flexibility index (Phi) is 5.29. The van der Waals surface area contributed by atoms with E-state index in [9.17, 15) is 4.79 Å². The van der Waals surface area contributed by atoms with Crippen molar-refractivity contribution in [1.82, 2.24) is 4.98 Å². The molecule has 0 bridgehead atoms. The number of carbonyl (C=O) groups excluding carboxylic acids is 1. The van der Waals surface area contributed by atoms with E-state index in [0.717, 1.165) is 40.7 Å². The lowest BCUT2D eigenvalue weighted by Crippen LogP contribution is -2.36. The van der Waals surface area contributed by atoms with E-state index in [4.69, 9.17) is 4.74 Å². The Hall–Kier alpha value is -2.22. The van der Waals surface area contributed by atoms with Gasteiger partial charge in [0, 0.05) is 29.4 Å². The summed E-state index contributed by atoms with van der Waals surface area (Å²) in [5.41, 5.74) is 3.80. The maximum Gasteiger partial charge on any atom is 0.230 e. The summed E-state index contributed by atoms with van der Waals surface area (Å²) in [4.78, 5) is 19.4. The van der Waals surface area contributed by atoms with Crippen LogP contribution in [0.1, 0.15) is 5.69 Å². The van der Waals surface area contributed by atoms with E-state index in [1.54, 1.807) is 22.7 Å². The molecule has 0 saturated carbocycles. The average molecular weight is 386 g/mol. The lowest BCUT2D eigenvalue weighted by Gasteiger charge is -2.30. The Morgan fingerprint density at radius 2 is 2.04 bits per heavy atom. The fourth-order valence-electron chi connectivity index (χ4n) is 2.93. The molecule has 0 unspecified atom stereocenters. The zero-order valence-corrected chi connectivity index (χ0v) is 15.8. The highest BCUT2D eigenvalue weighted by atomic mass is 32.1. The number of nitrogens with zero attached hydrogens (tertiary/aromatic N) is 2. The molecular weight excluding hydrogens is 366 g/mol. The topological polar surface area (TPSA) is 54.5 Å². The molecule has 1 amide bonds. The van der Waals surface area contributed by atoms with Gasteiger partial charge in [0.2, 0.25) is 5.91 Å². The van der Waals surface area contributed by atoms with Crippen molar-refractivity contribution in [2.24, 2.45) is 0 Å². The van der Waals surface area contributed by atoms with E-state index in [-0.39, 0.29) is 12.3 Å². The van der Waals surface area contributed by atoms with Crippen molar-refractivity contribution in [3.63, 3.8) is 0 Å². The van der Waals surface area contributed by atoms with Gasteiger partial charge in [0.05, 0.1) is 36.7 Å². The second kappa shape index (κ2) is 7.99. The number of para-hydroxylation sites is 2. The van der Waals surface area contributed by atoms with Gasteiger partial charge in [-0.05, 0) is 23.6 Å². The molecule has 1 aromatic carbocycles. The first-order valence-electron chi connectivity index (χ1n) is 8.48. The van der Waals surface area contributed by atoms with Crippen molar-refractivity contribution in [3.05, 3.63) is 52.2 Å². The lowest BCUT2D eigenvalue weighted by molar-refractivity contribution is -0.115. The molecule has 1 N–H and O–H groups in total. The summed E-state index contributed by atoms with van der Waals surface area (Å²) < 4.78 is 5.42. The van der Waals surface area contributed by atoms with Gasteiger partial charge in [0.1, 0.15) is 5.01 Å². The van der Waals surface area contributed by atoms with Crippen LogP contribution in [0.25, 0.3) is 10.6 Å².